The first kappa shape index (κ1) is 22.0. The lowest BCUT2D eigenvalue weighted by Crippen LogP contribution is -2.50. The molecule has 3 heterocycles. The molecule has 34 heavy (non-hydrogen) atoms. The Kier molecular flexibility index (Phi) is 5.93. The van der Waals surface area contributed by atoms with Crippen molar-refractivity contribution in [1.82, 2.24) is 14.9 Å². The van der Waals surface area contributed by atoms with Gasteiger partial charge in [0.1, 0.15) is 16.4 Å². The maximum Gasteiger partial charge on any atom is 0.322 e. The predicted octanol–water partition coefficient (Wildman–Crippen LogP) is 4.61. The van der Waals surface area contributed by atoms with Crippen molar-refractivity contribution in [2.75, 3.05) is 49.2 Å². The number of nitrogen functional groups attached to an aromatic ring is 1. The molecule has 9 heteroatoms. The van der Waals surface area contributed by atoms with Gasteiger partial charge in [0, 0.05) is 36.6 Å². The molecule has 0 atom stereocenters. The fourth-order valence-corrected chi connectivity index (χ4v) is 5.40. The van der Waals surface area contributed by atoms with E-state index in [0.717, 1.165) is 27.2 Å². The van der Waals surface area contributed by atoms with Crippen LogP contribution in [0.25, 0.3) is 21.3 Å². The summed E-state index contributed by atoms with van der Waals surface area (Å²) in [6.45, 7) is 4.53. The number of rotatable bonds is 4. The molecule has 174 valence electrons. The number of nitrogens with zero attached hydrogens (tertiary/aromatic N) is 4. The minimum Gasteiger partial charge on any atom is -0.495 e. The van der Waals surface area contributed by atoms with Gasteiger partial charge in [-0.1, -0.05) is 42.5 Å². The molecule has 4 aromatic rings. The number of benzene rings is 2. The van der Waals surface area contributed by atoms with Gasteiger partial charge in [-0.15, -0.1) is 11.3 Å². The molecule has 5 rings (SSSR count). The summed E-state index contributed by atoms with van der Waals surface area (Å²) >= 11 is 1.63. The number of nitrogens with two attached hydrogens (primary N) is 1. The first-order valence-corrected chi connectivity index (χ1v) is 11.9. The van der Waals surface area contributed by atoms with Gasteiger partial charge >= 0.3 is 6.03 Å². The van der Waals surface area contributed by atoms with E-state index >= 15 is 0 Å². The standard InChI is InChI=1S/C25H26N6O2S/c1-16-20(17-8-4-3-5-9-17)21-22(28-24(26)29-23(21)34-16)30-12-14-31(15-13-30)25(32)27-18-10-6-7-11-19(18)33-2/h3-11H,12-15H2,1-2H3,(H,27,32)(H2,26,28,29). The number of hydrogen-bond acceptors (Lipinski definition) is 7. The quantitative estimate of drug-likeness (QED) is 0.448. The largest absolute Gasteiger partial charge is 0.495 e. The molecule has 0 aliphatic carbocycles. The van der Waals surface area contributed by atoms with Crippen LogP contribution in [0, 0.1) is 6.92 Å². The fourth-order valence-electron chi connectivity index (χ4n) is 4.35. The molecule has 8 nitrogen and oxygen atoms in total. The summed E-state index contributed by atoms with van der Waals surface area (Å²) in [5.74, 6) is 1.73. The highest BCUT2D eigenvalue weighted by atomic mass is 32.1. The van der Waals surface area contributed by atoms with E-state index in [2.05, 4.69) is 39.2 Å². The summed E-state index contributed by atoms with van der Waals surface area (Å²) in [7, 11) is 1.59. The number of aromatic nitrogens is 2. The molecule has 2 amide bonds. The first-order chi connectivity index (χ1) is 16.5. The van der Waals surface area contributed by atoms with Crippen LogP contribution in [0.5, 0.6) is 5.75 Å². The number of aryl methyl sites for hydroxylation is 1. The third-order valence-electron chi connectivity index (χ3n) is 6.00. The van der Waals surface area contributed by atoms with Gasteiger partial charge in [-0.05, 0) is 24.6 Å². The van der Waals surface area contributed by atoms with Crippen molar-refractivity contribution in [3.8, 4) is 16.9 Å². The molecule has 3 N–H and O–H groups in total. The summed E-state index contributed by atoms with van der Waals surface area (Å²) in [4.78, 5) is 28.1. The lowest BCUT2D eigenvalue weighted by molar-refractivity contribution is 0.208. The molecular weight excluding hydrogens is 448 g/mol. The third kappa shape index (κ3) is 4.10. The minimum absolute atomic E-state index is 0.146. The highest BCUT2D eigenvalue weighted by Gasteiger charge is 2.26. The van der Waals surface area contributed by atoms with E-state index in [1.807, 2.05) is 47.4 Å². The van der Waals surface area contributed by atoms with E-state index < -0.39 is 0 Å². The number of thiophene rings is 1. The second-order valence-corrected chi connectivity index (χ2v) is 9.29. The molecule has 2 aromatic heterocycles. The van der Waals surface area contributed by atoms with Crippen molar-refractivity contribution in [3.05, 3.63) is 59.5 Å². The Morgan fingerprint density at radius 2 is 1.74 bits per heavy atom. The highest BCUT2D eigenvalue weighted by Crippen LogP contribution is 2.42. The number of anilines is 3. The van der Waals surface area contributed by atoms with Crippen LogP contribution in [-0.4, -0.2) is 54.2 Å². The van der Waals surface area contributed by atoms with Crippen LogP contribution in [0.3, 0.4) is 0 Å². The number of amides is 2. The van der Waals surface area contributed by atoms with Crippen LogP contribution >= 0.6 is 11.3 Å². The Hall–Kier alpha value is -3.85. The van der Waals surface area contributed by atoms with Crippen molar-refractivity contribution in [3.63, 3.8) is 0 Å². The normalized spacial score (nSPS) is 13.8. The Bertz CT molecular complexity index is 1330. The van der Waals surface area contributed by atoms with E-state index in [0.29, 0.717) is 37.6 Å². The number of carbonyl (C=O) groups is 1. The molecule has 1 aliphatic heterocycles. The molecular formula is C25H26N6O2S. The average Bonchev–Trinajstić information content (AvgIpc) is 3.19. The summed E-state index contributed by atoms with van der Waals surface area (Å²) in [5.41, 5.74) is 9.03. The minimum atomic E-state index is -0.146. The lowest BCUT2D eigenvalue weighted by Gasteiger charge is -2.35. The van der Waals surface area contributed by atoms with Gasteiger partial charge in [-0.2, -0.15) is 4.98 Å². The highest BCUT2D eigenvalue weighted by molar-refractivity contribution is 7.19. The molecule has 0 radical (unpaired) electrons. The number of ether oxygens (including phenoxy) is 1. The van der Waals surface area contributed by atoms with Crippen LogP contribution in [0.4, 0.5) is 22.2 Å². The molecule has 0 bridgehead atoms. The Morgan fingerprint density at radius 1 is 1.03 bits per heavy atom. The fraction of sp³-hybridized carbons (Fsp3) is 0.240. The number of nitrogens with one attached hydrogen (secondary N) is 1. The number of piperazine rings is 1. The van der Waals surface area contributed by atoms with E-state index in [1.165, 1.54) is 4.88 Å². The number of methoxy groups -OCH3 is 1. The predicted molar refractivity (Wildman–Crippen MR) is 138 cm³/mol. The molecule has 2 aromatic carbocycles. The summed E-state index contributed by atoms with van der Waals surface area (Å²) in [5, 5.41) is 3.98. The molecule has 1 fully saturated rings. The lowest BCUT2D eigenvalue weighted by atomic mass is 10.0. The van der Waals surface area contributed by atoms with Crippen LogP contribution in [0.2, 0.25) is 0 Å². The zero-order valence-electron chi connectivity index (χ0n) is 19.1. The van der Waals surface area contributed by atoms with Crippen molar-refractivity contribution in [1.29, 1.82) is 0 Å². The van der Waals surface area contributed by atoms with Gasteiger partial charge in [0.15, 0.2) is 0 Å². The number of urea groups is 1. The summed E-state index contributed by atoms with van der Waals surface area (Å²) < 4.78 is 5.34. The van der Waals surface area contributed by atoms with E-state index in [9.17, 15) is 4.79 Å². The maximum absolute atomic E-state index is 12.9. The van der Waals surface area contributed by atoms with E-state index in [-0.39, 0.29) is 12.0 Å². The van der Waals surface area contributed by atoms with Crippen molar-refractivity contribution in [2.24, 2.45) is 0 Å². The van der Waals surface area contributed by atoms with Gasteiger partial charge in [-0.25, -0.2) is 9.78 Å². The third-order valence-corrected chi connectivity index (χ3v) is 7.00. The van der Waals surface area contributed by atoms with E-state index in [4.69, 9.17) is 10.5 Å². The molecule has 1 saturated heterocycles. The Balaban J connectivity index is 1.39. The van der Waals surface area contributed by atoms with Gasteiger partial charge in [0.05, 0.1) is 18.2 Å². The molecule has 0 saturated carbocycles. The summed E-state index contributed by atoms with van der Waals surface area (Å²) in [6, 6.07) is 17.5. The number of hydrogen-bond donors (Lipinski definition) is 2. The summed E-state index contributed by atoms with van der Waals surface area (Å²) in [6.07, 6.45) is 0. The molecule has 0 unspecified atom stereocenters. The van der Waals surface area contributed by atoms with Crippen LogP contribution in [-0.2, 0) is 0 Å². The van der Waals surface area contributed by atoms with Crippen molar-refractivity contribution >= 4 is 45.0 Å². The number of fused-ring (bicyclic) bond motifs is 1. The second-order valence-electron chi connectivity index (χ2n) is 8.09. The molecule has 1 aliphatic rings. The van der Waals surface area contributed by atoms with Gasteiger partial charge < -0.3 is 25.6 Å². The zero-order chi connectivity index (χ0) is 23.7. The topological polar surface area (TPSA) is 96.6 Å². The first-order valence-electron chi connectivity index (χ1n) is 11.1. The number of carbonyl (C=O) groups excluding carboxylic acids is 1. The van der Waals surface area contributed by atoms with E-state index in [1.54, 1.807) is 18.4 Å². The number of para-hydroxylation sites is 2. The van der Waals surface area contributed by atoms with Crippen LogP contribution in [0.15, 0.2) is 54.6 Å². The monoisotopic (exact) mass is 474 g/mol. The molecule has 0 spiro atoms. The van der Waals surface area contributed by atoms with Crippen molar-refractivity contribution < 1.29 is 9.53 Å². The zero-order valence-corrected chi connectivity index (χ0v) is 19.9. The smallest absolute Gasteiger partial charge is 0.322 e. The average molecular weight is 475 g/mol. The van der Waals surface area contributed by atoms with Crippen LogP contribution < -0.4 is 20.7 Å². The van der Waals surface area contributed by atoms with Gasteiger partial charge in [0.2, 0.25) is 5.95 Å². The van der Waals surface area contributed by atoms with Gasteiger partial charge in [0.25, 0.3) is 0 Å². The Labute approximate surface area is 202 Å². The van der Waals surface area contributed by atoms with Crippen molar-refractivity contribution in [2.45, 2.75) is 6.92 Å². The van der Waals surface area contributed by atoms with Crippen LogP contribution in [0.1, 0.15) is 4.88 Å². The van der Waals surface area contributed by atoms with Gasteiger partial charge in [-0.3, -0.25) is 0 Å². The Morgan fingerprint density at radius 3 is 2.47 bits per heavy atom. The second kappa shape index (κ2) is 9.18. The SMILES string of the molecule is COc1ccccc1NC(=O)N1CCN(c2nc(N)nc3sc(C)c(-c4ccccc4)c23)CC1. The maximum atomic E-state index is 12.9.